The van der Waals surface area contributed by atoms with Crippen LogP contribution in [0.5, 0.6) is 0 Å². The average Bonchev–Trinajstić information content (AvgIpc) is 2.78. The number of carbonyl (C=O) groups excluding carboxylic acids is 1. The summed E-state index contributed by atoms with van der Waals surface area (Å²) in [4.78, 5) is 17.7. The first-order chi connectivity index (χ1) is 15.2. The molecule has 5 heteroatoms. The molecule has 1 heterocycles. The minimum Gasteiger partial charge on any atom is -0.323 e. The quantitative estimate of drug-likeness (QED) is 0.662. The Bertz CT molecular complexity index is 995. The van der Waals surface area contributed by atoms with E-state index in [-0.39, 0.29) is 5.91 Å². The molecule has 1 aromatic heterocycles. The molecule has 158 valence electrons. The fourth-order valence-electron chi connectivity index (χ4n) is 3.96. The number of nitrogens with zero attached hydrogens (tertiary/aromatic N) is 2. The van der Waals surface area contributed by atoms with E-state index in [2.05, 4.69) is 33.8 Å². The molecule has 0 aliphatic heterocycles. The van der Waals surface area contributed by atoms with E-state index in [1.165, 1.54) is 19.3 Å². The lowest BCUT2D eigenvalue weighted by atomic mass is 9.83. The van der Waals surface area contributed by atoms with Crippen LogP contribution >= 0.6 is 0 Å². The molecule has 2 aromatic rings. The summed E-state index contributed by atoms with van der Waals surface area (Å²) in [6.07, 6.45) is 14.5. The molecule has 0 saturated heterocycles. The Hall–Kier alpha value is -3.23. The standard InChI is InChI=1S/C26H28N4O/c27-17-20-11-9-19(10-12-20)15-16-28-25(22-5-2-1-3-6-22)26(31)30-23-13-14-24(29-18-23)21-7-4-8-21/h2,5-6,9-14,18,21,25,28H,1,3-4,7-8,15-16H2,(H,30,31). The highest BCUT2D eigenvalue weighted by Crippen LogP contribution is 2.35. The van der Waals surface area contributed by atoms with Crippen molar-refractivity contribution in [2.24, 2.45) is 0 Å². The average molecular weight is 413 g/mol. The lowest BCUT2D eigenvalue weighted by Crippen LogP contribution is -2.42. The zero-order chi connectivity index (χ0) is 21.5. The van der Waals surface area contributed by atoms with Gasteiger partial charge in [-0.25, -0.2) is 0 Å². The van der Waals surface area contributed by atoms with Crippen molar-refractivity contribution in [3.63, 3.8) is 0 Å². The van der Waals surface area contributed by atoms with Crippen LogP contribution < -0.4 is 10.6 Å². The van der Waals surface area contributed by atoms with Gasteiger partial charge in [0.05, 0.1) is 23.5 Å². The van der Waals surface area contributed by atoms with Crippen LogP contribution in [0.2, 0.25) is 0 Å². The Morgan fingerprint density at radius 2 is 2.00 bits per heavy atom. The van der Waals surface area contributed by atoms with Crippen LogP contribution in [0.3, 0.4) is 0 Å². The number of carbonyl (C=O) groups is 1. The molecule has 1 fully saturated rings. The number of nitriles is 1. The van der Waals surface area contributed by atoms with Crippen LogP contribution in [-0.4, -0.2) is 23.5 Å². The Kier molecular flexibility index (Phi) is 6.91. The molecule has 5 nitrogen and oxygen atoms in total. The van der Waals surface area contributed by atoms with E-state index in [0.717, 1.165) is 41.8 Å². The summed E-state index contributed by atoms with van der Waals surface area (Å²) in [7, 11) is 0. The van der Waals surface area contributed by atoms with Crippen molar-refractivity contribution in [3.05, 3.63) is 83.2 Å². The zero-order valence-corrected chi connectivity index (χ0v) is 17.7. The van der Waals surface area contributed by atoms with Gasteiger partial charge in [0, 0.05) is 18.2 Å². The molecule has 0 bridgehead atoms. The molecule has 2 aliphatic carbocycles. The molecule has 1 atom stereocenters. The van der Waals surface area contributed by atoms with Crippen LogP contribution in [-0.2, 0) is 11.2 Å². The third kappa shape index (κ3) is 5.48. The summed E-state index contributed by atoms with van der Waals surface area (Å²) in [5, 5.41) is 15.4. The van der Waals surface area contributed by atoms with Crippen LogP contribution in [0.4, 0.5) is 5.69 Å². The molecule has 1 aromatic carbocycles. The molecule has 1 unspecified atom stereocenters. The van der Waals surface area contributed by atoms with Gasteiger partial charge < -0.3 is 10.6 Å². The van der Waals surface area contributed by atoms with E-state index in [4.69, 9.17) is 5.26 Å². The van der Waals surface area contributed by atoms with Crippen molar-refractivity contribution < 1.29 is 4.79 Å². The minimum absolute atomic E-state index is 0.0733. The molecule has 2 aliphatic rings. The number of pyridine rings is 1. The first kappa shape index (κ1) is 21.0. The van der Waals surface area contributed by atoms with E-state index in [9.17, 15) is 4.79 Å². The second-order valence-corrected chi connectivity index (χ2v) is 8.22. The highest BCUT2D eigenvalue weighted by Gasteiger charge is 2.23. The highest BCUT2D eigenvalue weighted by molar-refractivity contribution is 5.97. The SMILES string of the molecule is N#Cc1ccc(CCNC(C(=O)Nc2ccc(C3CCC3)nc2)C2=CCCC=C2)cc1. The maximum absolute atomic E-state index is 13.1. The minimum atomic E-state index is -0.416. The smallest absolute Gasteiger partial charge is 0.246 e. The number of nitrogens with one attached hydrogen (secondary N) is 2. The van der Waals surface area contributed by atoms with Gasteiger partial charge in [-0.1, -0.05) is 36.8 Å². The third-order valence-electron chi connectivity index (χ3n) is 6.04. The lowest BCUT2D eigenvalue weighted by Gasteiger charge is -2.25. The Labute approximate surface area is 183 Å². The monoisotopic (exact) mass is 412 g/mol. The molecule has 1 saturated carbocycles. The summed E-state index contributed by atoms with van der Waals surface area (Å²) in [6.45, 7) is 0.661. The molecule has 31 heavy (non-hydrogen) atoms. The molecular weight excluding hydrogens is 384 g/mol. The van der Waals surface area contributed by atoms with Crippen molar-refractivity contribution in [2.45, 2.75) is 50.5 Å². The van der Waals surface area contributed by atoms with Gasteiger partial charge in [-0.3, -0.25) is 9.78 Å². The Morgan fingerprint density at radius 1 is 1.16 bits per heavy atom. The van der Waals surface area contributed by atoms with Gasteiger partial charge in [0.1, 0.15) is 6.04 Å². The van der Waals surface area contributed by atoms with Crippen LogP contribution in [0.1, 0.15) is 54.8 Å². The van der Waals surface area contributed by atoms with Gasteiger partial charge in [-0.05, 0) is 67.5 Å². The van der Waals surface area contributed by atoms with Gasteiger partial charge >= 0.3 is 0 Å². The third-order valence-corrected chi connectivity index (χ3v) is 6.04. The van der Waals surface area contributed by atoms with Gasteiger partial charge in [0.15, 0.2) is 0 Å². The molecule has 2 N–H and O–H groups in total. The predicted molar refractivity (Wildman–Crippen MR) is 123 cm³/mol. The summed E-state index contributed by atoms with van der Waals surface area (Å²) < 4.78 is 0. The molecular formula is C26H28N4O. The number of rotatable bonds is 8. The summed E-state index contributed by atoms with van der Waals surface area (Å²) in [5.41, 5.74) is 4.65. The number of benzene rings is 1. The molecule has 0 radical (unpaired) electrons. The van der Waals surface area contributed by atoms with Crippen LogP contribution in [0, 0.1) is 11.3 Å². The van der Waals surface area contributed by atoms with Crippen molar-refractivity contribution in [1.82, 2.24) is 10.3 Å². The normalized spacial score (nSPS) is 16.7. The summed E-state index contributed by atoms with van der Waals surface area (Å²) in [6, 6.07) is 13.3. The fraction of sp³-hybridized carbons (Fsp3) is 0.346. The van der Waals surface area contributed by atoms with Gasteiger partial charge in [0.25, 0.3) is 0 Å². The molecule has 1 amide bonds. The Balaban J connectivity index is 1.39. The van der Waals surface area contributed by atoms with Crippen LogP contribution in [0.25, 0.3) is 0 Å². The van der Waals surface area contributed by atoms with E-state index in [1.807, 2.05) is 42.5 Å². The summed E-state index contributed by atoms with van der Waals surface area (Å²) in [5.74, 6) is 0.509. The molecule has 4 rings (SSSR count). The number of allylic oxidation sites excluding steroid dienone is 2. The number of amides is 1. The lowest BCUT2D eigenvalue weighted by molar-refractivity contribution is -0.117. The second-order valence-electron chi connectivity index (χ2n) is 8.22. The predicted octanol–water partition coefficient (Wildman–Crippen LogP) is 4.64. The van der Waals surface area contributed by atoms with E-state index < -0.39 is 6.04 Å². The van der Waals surface area contributed by atoms with Crippen molar-refractivity contribution in [2.75, 3.05) is 11.9 Å². The number of hydrogen-bond donors (Lipinski definition) is 2. The van der Waals surface area contributed by atoms with Crippen LogP contribution in [0.15, 0.2) is 66.4 Å². The van der Waals surface area contributed by atoms with Gasteiger partial charge in [-0.15, -0.1) is 0 Å². The second kappa shape index (κ2) is 10.2. The van der Waals surface area contributed by atoms with E-state index in [1.54, 1.807) is 6.20 Å². The molecule has 0 spiro atoms. The summed E-state index contributed by atoms with van der Waals surface area (Å²) >= 11 is 0. The first-order valence-corrected chi connectivity index (χ1v) is 11.1. The Morgan fingerprint density at radius 3 is 2.61 bits per heavy atom. The van der Waals surface area contributed by atoms with Crippen molar-refractivity contribution in [1.29, 1.82) is 5.26 Å². The topological polar surface area (TPSA) is 77.8 Å². The number of hydrogen-bond acceptors (Lipinski definition) is 4. The van der Waals surface area contributed by atoms with Crippen molar-refractivity contribution in [3.8, 4) is 6.07 Å². The fourth-order valence-corrected chi connectivity index (χ4v) is 3.96. The number of aromatic nitrogens is 1. The first-order valence-electron chi connectivity index (χ1n) is 11.1. The zero-order valence-electron chi connectivity index (χ0n) is 17.7. The van der Waals surface area contributed by atoms with Gasteiger partial charge in [0.2, 0.25) is 5.91 Å². The maximum Gasteiger partial charge on any atom is 0.246 e. The highest BCUT2D eigenvalue weighted by atomic mass is 16.2. The number of anilines is 1. The van der Waals surface area contributed by atoms with Gasteiger partial charge in [-0.2, -0.15) is 5.26 Å². The van der Waals surface area contributed by atoms with Crippen molar-refractivity contribution >= 4 is 11.6 Å². The van der Waals surface area contributed by atoms with E-state index >= 15 is 0 Å². The largest absolute Gasteiger partial charge is 0.323 e. The van der Waals surface area contributed by atoms with E-state index in [0.29, 0.717) is 18.0 Å². The maximum atomic E-state index is 13.1.